The second kappa shape index (κ2) is 8.10. The largest absolute Gasteiger partial charge is 0.207 e. The Hall–Kier alpha value is -2.74. The van der Waals surface area contributed by atoms with Gasteiger partial charge in [0.1, 0.15) is 11.6 Å². The van der Waals surface area contributed by atoms with Gasteiger partial charge in [-0.25, -0.2) is 8.78 Å². The molecular formula is C26H24F2. The van der Waals surface area contributed by atoms with E-state index in [0.29, 0.717) is 17.5 Å². The highest BCUT2D eigenvalue weighted by molar-refractivity contribution is 5.85. The van der Waals surface area contributed by atoms with Gasteiger partial charge in [0, 0.05) is 5.56 Å². The number of hydrogen-bond acceptors (Lipinski definition) is 0. The highest BCUT2D eigenvalue weighted by Gasteiger charge is 2.18. The van der Waals surface area contributed by atoms with Crippen LogP contribution in [0.4, 0.5) is 8.78 Å². The van der Waals surface area contributed by atoms with Crippen molar-refractivity contribution in [3.05, 3.63) is 94.6 Å². The molecule has 28 heavy (non-hydrogen) atoms. The van der Waals surface area contributed by atoms with Crippen LogP contribution in [0.25, 0.3) is 22.8 Å². The Morgan fingerprint density at radius 2 is 1.50 bits per heavy atom. The van der Waals surface area contributed by atoms with E-state index in [4.69, 9.17) is 0 Å². The zero-order valence-electron chi connectivity index (χ0n) is 16.1. The molecule has 0 N–H and O–H groups in total. The van der Waals surface area contributed by atoms with E-state index in [1.807, 2.05) is 6.07 Å². The van der Waals surface area contributed by atoms with Crippen molar-refractivity contribution in [2.75, 3.05) is 0 Å². The van der Waals surface area contributed by atoms with E-state index >= 15 is 4.39 Å². The second-order valence-corrected chi connectivity index (χ2v) is 7.47. The molecular weight excluding hydrogens is 350 g/mol. The summed E-state index contributed by atoms with van der Waals surface area (Å²) >= 11 is 0. The molecule has 142 valence electrons. The first-order chi connectivity index (χ1) is 13.7. The molecule has 0 amide bonds. The second-order valence-electron chi connectivity index (χ2n) is 7.47. The van der Waals surface area contributed by atoms with Crippen molar-refractivity contribution in [3.8, 4) is 11.1 Å². The maximum Gasteiger partial charge on any atom is 0.134 e. The highest BCUT2D eigenvalue weighted by Crippen LogP contribution is 2.35. The summed E-state index contributed by atoms with van der Waals surface area (Å²) in [5.74, 6) is -0.496. The Bertz CT molecular complexity index is 996. The van der Waals surface area contributed by atoms with Crippen LogP contribution < -0.4 is 0 Å². The van der Waals surface area contributed by atoms with E-state index in [1.54, 1.807) is 18.2 Å². The molecule has 3 aromatic carbocycles. The van der Waals surface area contributed by atoms with Crippen LogP contribution in [0.5, 0.6) is 0 Å². The molecule has 0 fully saturated rings. The van der Waals surface area contributed by atoms with Crippen LogP contribution in [-0.4, -0.2) is 0 Å². The Labute approximate surface area is 165 Å². The molecule has 0 radical (unpaired) electrons. The summed E-state index contributed by atoms with van der Waals surface area (Å²) in [6.07, 6.45) is 7.15. The van der Waals surface area contributed by atoms with Gasteiger partial charge >= 0.3 is 0 Å². The minimum Gasteiger partial charge on any atom is -0.207 e. The number of benzene rings is 3. The summed E-state index contributed by atoms with van der Waals surface area (Å²) in [7, 11) is 0. The van der Waals surface area contributed by atoms with Gasteiger partial charge in [-0.3, -0.25) is 0 Å². The first-order valence-electron chi connectivity index (χ1n) is 10.0. The number of aryl methyl sites for hydroxylation is 1. The SMILES string of the molecule is CCCCc1ccc(C2=Cc3ccc(-c4ccc(F)cc4)c(F)c3CC2)cc1. The lowest BCUT2D eigenvalue weighted by atomic mass is 9.86. The minimum absolute atomic E-state index is 0.186. The van der Waals surface area contributed by atoms with Crippen molar-refractivity contribution < 1.29 is 8.78 Å². The third kappa shape index (κ3) is 3.77. The van der Waals surface area contributed by atoms with Crippen LogP contribution >= 0.6 is 0 Å². The summed E-state index contributed by atoms with van der Waals surface area (Å²) in [4.78, 5) is 0. The summed E-state index contributed by atoms with van der Waals surface area (Å²) in [6, 6.07) is 18.6. The lowest BCUT2D eigenvalue weighted by Crippen LogP contribution is -2.04. The zero-order valence-corrected chi connectivity index (χ0v) is 16.1. The summed E-state index contributed by atoms with van der Waals surface area (Å²) in [5.41, 5.74) is 6.79. The van der Waals surface area contributed by atoms with Crippen LogP contribution in [-0.2, 0) is 12.8 Å². The fraction of sp³-hybridized carbons (Fsp3) is 0.231. The standard InChI is InChI=1S/C26H24F2/c1-2-3-4-18-5-7-19(8-6-18)21-11-15-25-22(17-21)12-16-24(26(25)28)20-9-13-23(27)14-10-20/h5-10,12-14,16-17H,2-4,11,15H2,1H3. The lowest BCUT2D eigenvalue weighted by Gasteiger charge is -2.19. The molecule has 0 atom stereocenters. The highest BCUT2D eigenvalue weighted by atomic mass is 19.1. The van der Waals surface area contributed by atoms with Gasteiger partial charge in [0.25, 0.3) is 0 Å². The summed E-state index contributed by atoms with van der Waals surface area (Å²) in [6.45, 7) is 2.21. The van der Waals surface area contributed by atoms with Crippen LogP contribution in [0.15, 0.2) is 60.7 Å². The van der Waals surface area contributed by atoms with Gasteiger partial charge in [-0.1, -0.05) is 68.0 Å². The van der Waals surface area contributed by atoms with Crippen LogP contribution in [0, 0.1) is 11.6 Å². The molecule has 0 spiro atoms. The number of halogens is 2. The van der Waals surface area contributed by atoms with Crippen molar-refractivity contribution >= 4 is 11.6 Å². The average molecular weight is 374 g/mol. The number of hydrogen-bond donors (Lipinski definition) is 0. The monoisotopic (exact) mass is 374 g/mol. The van der Waals surface area contributed by atoms with Gasteiger partial charge in [-0.05, 0) is 71.2 Å². The van der Waals surface area contributed by atoms with E-state index in [9.17, 15) is 4.39 Å². The maximum atomic E-state index is 15.1. The van der Waals surface area contributed by atoms with Gasteiger partial charge in [0.2, 0.25) is 0 Å². The van der Waals surface area contributed by atoms with E-state index < -0.39 is 0 Å². The van der Waals surface area contributed by atoms with Crippen LogP contribution in [0.1, 0.15) is 48.4 Å². The predicted molar refractivity (Wildman–Crippen MR) is 113 cm³/mol. The zero-order chi connectivity index (χ0) is 19.5. The Morgan fingerprint density at radius 3 is 2.21 bits per heavy atom. The van der Waals surface area contributed by atoms with E-state index in [1.165, 1.54) is 41.7 Å². The molecule has 0 nitrogen and oxygen atoms in total. The van der Waals surface area contributed by atoms with E-state index in [0.717, 1.165) is 24.0 Å². The van der Waals surface area contributed by atoms with Crippen molar-refractivity contribution in [2.24, 2.45) is 0 Å². The van der Waals surface area contributed by atoms with Gasteiger partial charge < -0.3 is 0 Å². The van der Waals surface area contributed by atoms with Crippen LogP contribution in [0.2, 0.25) is 0 Å². The Balaban J connectivity index is 1.62. The Morgan fingerprint density at radius 1 is 0.786 bits per heavy atom. The number of rotatable bonds is 5. The smallest absolute Gasteiger partial charge is 0.134 e. The molecule has 0 aromatic heterocycles. The third-order valence-corrected chi connectivity index (χ3v) is 5.55. The average Bonchev–Trinajstić information content (AvgIpc) is 2.73. The molecule has 1 aliphatic carbocycles. The first kappa shape index (κ1) is 18.6. The molecule has 0 saturated carbocycles. The number of unbranched alkanes of at least 4 members (excludes halogenated alkanes) is 1. The van der Waals surface area contributed by atoms with Gasteiger partial charge in [0.05, 0.1) is 0 Å². The maximum absolute atomic E-state index is 15.1. The molecule has 4 rings (SSSR count). The quantitative estimate of drug-likeness (QED) is 0.435. The fourth-order valence-electron chi connectivity index (χ4n) is 3.89. The molecule has 1 aliphatic rings. The van der Waals surface area contributed by atoms with Gasteiger partial charge in [-0.15, -0.1) is 0 Å². The van der Waals surface area contributed by atoms with Gasteiger partial charge in [0.15, 0.2) is 0 Å². The minimum atomic E-state index is -0.310. The fourth-order valence-corrected chi connectivity index (χ4v) is 3.89. The van der Waals surface area contributed by atoms with Crippen molar-refractivity contribution in [3.63, 3.8) is 0 Å². The van der Waals surface area contributed by atoms with Crippen molar-refractivity contribution in [2.45, 2.75) is 39.0 Å². The molecule has 3 aromatic rings. The first-order valence-corrected chi connectivity index (χ1v) is 10.0. The predicted octanol–water partition coefficient (Wildman–Crippen LogP) is 7.46. The third-order valence-electron chi connectivity index (χ3n) is 5.55. The molecule has 0 unspecified atom stereocenters. The van der Waals surface area contributed by atoms with Crippen molar-refractivity contribution in [1.29, 1.82) is 0 Å². The van der Waals surface area contributed by atoms with Crippen molar-refractivity contribution in [1.82, 2.24) is 0 Å². The molecule has 0 saturated heterocycles. The molecule has 0 heterocycles. The molecule has 2 heteroatoms. The van der Waals surface area contributed by atoms with E-state index in [-0.39, 0.29) is 11.6 Å². The van der Waals surface area contributed by atoms with E-state index in [2.05, 4.69) is 37.3 Å². The number of allylic oxidation sites excluding steroid dienone is 1. The topological polar surface area (TPSA) is 0 Å². The summed E-state index contributed by atoms with van der Waals surface area (Å²) < 4.78 is 28.3. The number of fused-ring (bicyclic) bond motifs is 1. The van der Waals surface area contributed by atoms with Gasteiger partial charge in [-0.2, -0.15) is 0 Å². The van der Waals surface area contributed by atoms with Crippen LogP contribution in [0.3, 0.4) is 0 Å². The Kier molecular flexibility index (Phi) is 5.38. The normalized spacial score (nSPS) is 13.2. The molecule has 0 aliphatic heterocycles. The lowest BCUT2D eigenvalue weighted by molar-refractivity contribution is 0.611. The molecule has 0 bridgehead atoms. The summed E-state index contributed by atoms with van der Waals surface area (Å²) in [5, 5.41) is 0.